The number of rotatable bonds is 2. The van der Waals surface area contributed by atoms with Crippen LogP contribution < -0.4 is 5.32 Å². The van der Waals surface area contributed by atoms with E-state index in [1.807, 2.05) is 17.8 Å². The molecule has 4 heteroatoms. The van der Waals surface area contributed by atoms with Crippen molar-refractivity contribution in [3.63, 3.8) is 0 Å². The average molecular weight is 250 g/mol. The third kappa shape index (κ3) is 1.94. The van der Waals surface area contributed by atoms with E-state index in [2.05, 4.69) is 22.5 Å². The van der Waals surface area contributed by atoms with E-state index in [0.29, 0.717) is 11.2 Å². The minimum absolute atomic E-state index is 0.601. The van der Waals surface area contributed by atoms with Crippen molar-refractivity contribution >= 4 is 22.5 Å². The molecular formula is C13H16ClN3. The van der Waals surface area contributed by atoms with Gasteiger partial charge in [0.1, 0.15) is 0 Å². The fourth-order valence-electron chi connectivity index (χ4n) is 2.74. The first-order valence-electron chi connectivity index (χ1n) is 6.09. The number of para-hydroxylation sites is 1. The lowest BCUT2D eigenvalue weighted by Crippen LogP contribution is -2.23. The van der Waals surface area contributed by atoms with Crippen LogP contribution in [0.15, 0.2) is 18.2 Å². The molecule has 0 spiro atoms. The lowest BCUT2D eigenvalue weighted by Gasteiger charge is -2.11. The number of benzene rings is 1. The van der Waals surface area contributed by atoms with Crippen molar-refractivity contribution in [2.75, 3.05) is 6.54 Å². The highest BCUT2D eigenvalue weighted by Crippen LogP contribution is 2.26. The van der Waals surface area contributed by atoms with E-state index >= 15 is 0 Å². The molecule has 1 aliphatic rings. The van der Waals surface area contributed by atoms with Crippen LogP contribution in [-0.2, 0) is 13.5 Å². The second-order valence-corrected chi connectivity index (χ2v) is 5.08. The zero-order valence-corrected chi connectivity index (χ0v) is 10.7. The molecule has 0 radical (unpaired) electrons. The highest BCUT2D eigenvalue weighted by atomic mass is 35.5. The van der Waals surface area contributed by atoms with Crippen LogP contribution in [0.3, 0.4) is 0 Å². The van der Waals surface area contributed by atoms with E-state index in [1.165, 1.54) is 23.9 Å². The summed E-state index contributed by atoms with van der Waals surface area (Å²) in [6.07, 6.45) is 3.61. The zero-order chi connectivity index (χ0) is 11.8. The number of nitrogens with zero attached hydrogens (tertiary/aromatic N) is 2. The SMILES string of the molecule is Cn1nc(Cl)c2cccc(CC3CCCN3)c21. The first kappa shape index (κ1) is 11.1. The van der Waals surface area contributed by atoms with Crippen LogP contribution in [0, 0.1) is 0 Å². The van der Waals surface area contributed by atoms with Crippen LogP contribution in [0.1, 0.15) is 18.4 Å². The predicted octanol–water partition coefficient (Wildman–Crippen LogP) is 2.52. The highest BCUT2D eigenvalue weighted by molar-refractivity contribution is 6.34. The minimum atomic E-state index is 0.601. The van der Waals surface area contributed by atoms with Crippen LogP contribution in [-0.4, -0.2) is 22.4 Å². The van der Waals surface area contributed by atoms with Gasteiger partial charge in [0.15, 0.2) is 5.15 Å². The van der Waals surface area contributed by atoms with Gasteiger partial charge in [-0.05, 0) is 37.4 Å². The fraction of sp³-hybridized carbons (Fsp3) is 0.462. The van der Waals surface area contributed by atoms with Gasteiger partial charge in [-0.2, -0.15) is 5.10 Å². The van der Waals surface area contributed by atoms with E-state index < -0.39 is 0 Å². The molecule has 1 atom stereocenters. The summed E-state index contributed by atoms with van der Waals surface area (Å²) in [6.45, 7) is 1.15. The summed E-state index contributed by atoms with van der Waals surface area (Å²) < 4.78 is 1.89. The van der Waals surface area contributed by atoms with Crippen molar-refractivity contribution in [2.24, 2.45) is 7.05 Å². The topological polar surface area (TPSA) is 29.9 Å². The average Bonchev–Trinajstić information content (AvgIpc) is 2.90. The Morgan fingerprint density at radius 1 is 1.53 bits per heavy atom. The molecule has 3 rings (SSSR count). The molecular weight excluding hydrogens is 234 g/mol. The molecule has 2 heterocycles. The molecule has 3 nitrogen and oxygen atoms in total. The third-order valence-corrected chi connectivity index (χ3v) is 3.81. The monoisotopic (exact) mass is 249 g/mol. The Labute approximate surface area is 106 Å². The summed E-state index contributed by atoms with van der Waals surface area (Å²) >= 11 is 6.12. The van der Waals surface area contributed by atoms with E-state index in [4.69, 9.17) is 11.6 Å². The molecule has 0 bridgehead atoms. The smallest absolute Gasteiger partial charge is 0.158 e. The molecule has 90 valence electrons. The number of hydrogen-bond acceptors (Lipinski definition) is 2. The molecule has 1 aromatic carbocycles. The summed E-state index contributed by atoms with van der Waals surface area (Å²) in [5, 5.41) is 9.48. The Morgan fingerprint density at radius 2 is 2.41 bits per heavy atom. The maximum absolute atomic E-state index is 6.12. The van der Waals surface area contributed by atoms with Crippen LogP contribution in [0.5, 0.6) is 0 Å². The Balaban J connectivity index is 2.03. The van der Waals surface area contributed by atoms with E-state index in [1.54, 1.807) is 0 Å². The maximum atomic E-state index is 6.12. The van der Waals surface area contributed by atoms with Crippen molar-refractivity contribution in [3.05, 3.63) is 28.9 Å². The summed E-state index contributed by atoms with van der Waals surface area (Å²) in [7, 11) is 1.96. The molecule has 1 N–H and O–H groups in total. The summed E-state index contributed by atoms with van der Waals surface area (Å²) in [5.41, 5.74) is 2.51. The molecule has 1 aliphatic heterocycles. The fourth-order valence-corrected chi connectivity index (χ4v) is 3.00. The normalized spacial score (nSPS) is 20.2. The first-order valence-corrected chi connectivity index (χ1v) is 6.47. The van der Waals surface area contributed by atoms with E-state index in [9.17, 15) is 0 Å². The Morgan fingerprint density at radius 3 is 3.18 bits per heavy atom. The molecule has 1 aromatic heterocycles. The second-order valence-electron chi connectivity index (χ2n) is 4.73. The van der Waals surface area contributed by atoms with Crippen LogP contribution in [0.2, 0.25) is 5.15 Å². The van der Waals surface area contributed by atoms with Gasteiger partial charge < -0.3 is 5.32 Å². The van der Waals surface area contributed by atoms with Crippen LogP contribution in [0.4, 0.5) is 0 Å². The van der Waals surface area contributed by atoms with Gasteiger partial charge in [0, 0.05) is 18.5 Å². The van der Waals surface area contributed by atoms with Gasteiger partial charge in [-0.15, -0.1) is 0 Å². The minimum Gasteiger partial charge on any atom is -0.314 e. The van der Waals surface area contributed by atoms with Gasteiger partial charge in [-0.25, -0.2) is 0 Å². The molecule has 0 saturated carbocycles. The van der Waals surface area contributed by atoms with Crippen molar-refractivity contribution in [2.45, 2.75) is 25.3 Å². The van der Waals surface area contributed by atoms with E-state index in [0.717, 1.165) is 18.4 Å². The van der Waals surface area contributed by atoms with Crippen molar-refractivity contribution < 1.29 is 0 Å². The standard InChI is InChI=1S/C13H16ClN3/c1-17-12-9(8-10-5-3-7-15-10)4-2-6-11(12)13(14)16-17/h2,4,6,10,15H,3,5,7-8H2,1H3. The molecule has 0 aliphatic carbocycles. The van der Waals surface area contributed by atoms with Crippen LogP contribution >= 0.6 is 11.6 Å². The van der Waals surface area contributed by atoms with Gasteiger partial charge in [0.05, 0.1) is 5.52 Å². The molecule has 1 fully saturated rings. The lowest BCUT2D eigenvalue weighted by molar-refractivity contribution is 0.603. The zero-order valence-electron chi connectivity index (χ0n) is 9.91. The van der Waals surface area contributed by atoms with Crippen LogP contribution in [0.25, 0.3) is 10.9 Å². The highest BCUT2D eigenvalue weighted by Gasteiger charge is 2.17. The molecule has 2 aromatic rings. The number of aryl methyl sites for hydroxylation is 1. The van der Waals surface area contributed by atoms with Gasteiger partial charge >= 0.3 is 0 Å². The molecule has 1 unspecified atom stereocenters. The number of aromatic nitrogens is 2. The number of hydrogen-bond donors (Lipinski definition) is 1. The number of halogens is 1. The maximum Gasteiger partial charge on any atom is 0.158 e. The quantitative estimate of drug-likeness (QED) is 0.887. The summed E-state index contributed by atoms with van der Waals surface area (Å²) in [6, 6.07) is 6.89. The Kier molecular flexibility index (Phi) is 2.81. The van der Waals surface area contributed by atoms with Gasteiger partial charge in [-0.1, -0.05) is 23.7 Å². The van der Waals surface area contributed by atoms with Crippen molar-refractivity contribution in [1.82, 2.24) is 15.1 Å². The molecule has 1 saturated heterocycles. The second kappa shape index (κ2) is 4.31. The number of fused-ring (bicyclic) bond motifs is 1. The van der Waals surface area contributed by atoms with Crippen molar-refractivity contribution in [3.8, 4) is 0 Å². The number of nitrogens with one attached hydrogen (secondary N) is 1. The lowest BCUT2D eigenvalue weighted by atomic mass is 10.0. The first-order chi connectivity index (χ1) is 8.25. The largest absolute Gasteiger partial charge is 0.314 e. The predicted molar refractivity (Wildman–Crippen MR) is 70.5 cm³/mol. The van der Waals surface area contributed by atoms with Crippen molar-refractivity contribution in [1.29, 1.82) is 0 Å². The molecule has 17 heavy (non-hydrogen) atoms. The third-order valence-electron chi connectivity index (χ3n) is 3.53. The van der Waals surface area contributed by atoms with Gasteiger partial charge in [0.25, 0.3) is 0 Å². The Hall–Kier alpha value is -1.06. The Bertz CT molecular complexity index is 541. The van der Waals surface area contributed by atoms with Gasteiger partial charge in [-0.3, -0.25) is 4.68 Å². The summed E-state index contributed by atoms with van der Waals surface area (Å²) in [5.74, 6) is 0. The van der Waals surface area contributed by atoms with E-state index in [-0.39, 0.29) is 0 Å². The molecule has 0 amide bonds. The van der Waals surface area contributed by atoms with Gasteiger partial charge in [0.2, 0.25) is 0 Å². The summed E-state index contributed by atoms with van der Waals surface area (Å²) in [4.78, 5) is 0.